The summed E-state index contributed by atoms with van der Waals surface area (Å²) < 4.78 is 15.3. The molecular formula is C20H17ClN4O5. The standard InChI is InChI=1S/C20H17ClN4O5/c1-11-18(19(22)30-24-11)20(27)29-10-17(26)25-15(16-3-2-8-28-16)9-14(23-25)12-4-6-13(21)7-5-12/h2-8,15H,9-10,22H2,1H3. The van der Waals surface area contributed by atoms with Crippen molar-refractivity contribution in [2.75, 3.05) is 12.3 Å². The summed E-state index contributed by atoms with van der Waals surface area (Å²) in [6.07, 6.45) is 1.96. The van der Waals surface area contributed by atoms with Crippen LogP contribution in [0.3, 0.4) is 0 Å². The van der Waals surface area contributed by atoms with Gasteiger partial charge in [0, 0.05) is 11.4 Å². The van der Waals surface area contributed by atoms with Crippen molar-refractivity contribution in [1.82, 2.24) is 10.2 Å². The molecule has 3 heterocycles. The molecule has 2 N–H and O–H groups in total. The maximum Gasteiger partial charge on any atom is 0.346 e. The van der Waals surface area contributed by atoms with Gasteiger partial charge in [0.25, 0.3) is 5.91 Å². The molecule has 30 heavy (non-hydrogen) atoms. The molecule has 1 aliphatic heterocycles. The Morgan fingerprint density at radius 2 is 2.07 bits per heavy atom. The fourth-order valence-electron chi connectivity index (χ4n) is 3.16. The zero-order chi connectivity index (χ0) is 21.3. The number of hydrogen-bond donors (Lipinski definition) is 1. The fraction of sp³-hybridized carbons (Fsp3) is 0.200. The molecule has 0 bridgehead atoms. The minimum absolute atomic E-state index is 0.00263. The lowest BCUT2D eigenvalue weighted by molar-refractivity contribution is -0.136. The molecule has 4 rings (SSSR count). The highest BCUT2D eigenvalue weighted by Crippen LogP contribution is 2.33. The molecule has 1 aliphatic rings. The van der Waals surface area contributed by atoms with E-state index in [-0.39, 0.29) is 17.1 Å². The summed E-state index contributed by atoms with van der Waals surface area (Å²) in [6.45, 7) is 1.02. The van der Waals surface area contributed by atoms with Gasteiger partial charge in [-0.3, -0.25) is 4.79 Å². The average molecular weight is 429 g/mol. The molecule has 1 unspecified atom stereocenters. The fourth-order valence-corrected chi connectivity index (χ4v) is 3.29. The molecule has 154 valence electrons. The largest absolute Gasteiger partial charge is 0.467 e. The Kier molecular flexibility index (Phi) is 5.28. The number of aromatic nitrogens is 1. The van der Waals surface area contributed by atoms with E-state index in [1.807, 2.05) is 12.1 Å². The summed E-state index contributed by atoms with van der Waals surface area (Å²) in [5.74, 6) is -0.902. The summed E-state index contributed by atoms with van der Waals surface area (Å²) in [7, 11) is 0. The first-order chi connectivity index (χ1) is 14.4. The molecule has 3 aromatic rings. The van der Waals surface area contributed by atoms with Gasteiger partial charge >= 0.3 is 5.97 Å². The van der Waals surface area contributed by atoms with Crippen molar-refractivity contribution in [2.24, 2.45) is 5.10 Å². The molecule has 0 radical (unpaired) electrons. The number of hydrogen-bond acceptors (Lipinski definition) is 8. The van der Waals surface area contributed by atoms with Crippen molar-refractivity contribution < 1.29 is 23.3 Å². The lowest BCUT2D eigenvalue weighted by Gasteiger charge is -2.19. The predicted molar refractivity (Wildman–Crippen MR) is 107 cm³/mol. The van der Waals surface area contributed by atoms with Crippen LogP contribution in [-0.4, -0.2) is 34.4 Å². The highest BCUT2D eigenvalue weighted by atomic mass is 35.5. The topological polar surface area (TPSA) is 124 Å². The molecule has 0 saturated heterocycles. The molecule has 1 atom stereocenters. The molecule has 10 heteroatoms. The van der Waals surface area contributed by atoms with Gasteiger partial charge in [-0.1, -0.05) is 28.9 Å². The van der Waals surface area contributed by atoms with Gasteiger partial charge < -0.3 is 19.4 Å². The number of carbonyl (C=O) groups excluding carboxylic acids is 2. The summed E-state index contributed by atoms with van der Waals surface area (Å²) in [5, 5.41) is 9.91. The van der Waals surface area contributed by atoms with Gasteiger partial charge in [-0.2, -0.15) is 5.10 Å². The lowest BCUT2D eigenvalue weighted by atomic mass is 10.0. The molecule has 0 fully saturated rings. The van der Waals surface area contributed by atoms with E-state index in [0.29, 0.717) is 22.9 Å². The number of rotatable bonds is 5. The quantitative estimate of drug-likeness (QED) is 0.618. The number of anilines is 1. The van der Waals surface area contributed by atoms with Crippen molar-refractivity contribution in [1.29, 1.82) is 0 Å². The van der Waals surface area contributed by atoms with Gasteiger partial charge in [-0.05, 0) is 36.8 Å². The van der Waals surface area contributed by atoms with E-state index in [1.54, 1.807) is 31.2 Å². The van der Waals surface area contributed by atoms with Crippen LogP contribution in [0.4, 0.5) is 5.88 Å². The lowest BCUT2D eigenvalue weighted by Crippen LogP contribution is -2.31. The number of halogens is 1. The Morgan fingerprint density at radius 3 is 2.70 bits per heavy atom. The number of esters is 1. The Balaban J connectivity index is 1.53. The first-order valence-corrected chi connectivity index (χ1v) is 9.39. The van der Waals surface area contributed by atoms with Crippen molar-refractivity contribution in [3.05, 3.63) is 70.3 Å². The smallest absolute Gasteiger partial charge is 0.346 e. The van der Waals surface area contributed by atoms with Crippen LogP contribution in [0.2, 0.25) is 5.02 Å². The van der Waals surface area contributed by atoms with Crippen molar-refractivity contribution in [2.45, 2.75) is 19.4 Å². The van der Waals surface area contributed by atoms with Gasteiger partial charge in [0.15, 0.2) is 6.61 Å². The minimum Gasteiger partial charge on any atom is -0.467 e. The first-order valence-electron chi connectivity index (χ1n) is 9.01. The average Bonchev–Trinajstić information content (AvgIpc) is 3.46. The summed E-state index contributed by atoms with van der Waals surface area (Å²) >= 11 is 5.95. The van der Waals surface area contributed by atoms with E-state index >= 15 is 0 Å². The van der Waals surface area contributed by atoms with Crippen LogP contribution in [0.1, 0.15) is 39.8 Å². The highest BCUT2D eigenvalue weighted by molar-refractivity contribution is 6.30. The maximum atomic E-state index is 12.8. The highest BCUT2D eigenvalue weighted by Gasteiger charge is 2.35. The van der Waals surface area contributed by atoms with Crippen molar-refractivity contribution >= 4 is 35.1 Å². The second-order valence-electron chi connectivity index (χ2n) is 6.61. The third-order valence-corrected chi connectivity index (χ3v) is 4.89. The molecule has 2 aromatic heterocycles. The van der Waals surface area contributed by atoms with E-state index < -0.39 is 24.5 Å². The van der Waals surface area contributed by atoms with Crippen LogP contribution in [-0.2, 0) is 9.53 Å². The molecule has 9 nitrogen and oxygen atoms in total. The Labute approximate surface area is 176 Å². The van der Waals surface area contributed by atoms with E-state index in [0.717, 1.165) is 5.56 Å². The Morgan fingerprint density at radius 1 is 1.30 bits per heavy atom. The van der Waals surface area contributed by atoms with Crippen LogP contribution in [0.25, 0.3) is 0 Å². The minimum atomic E-state index is -0.796. The third kappa shape index (κ3) is 3.79. The van der Waals surface area contributed by atoms with Crippen LogP contribution >= 0.6 is 11.6 Å². The van der Waals surface area contributed by atoms with Crippen LogP contribution in [0.15, 0.2) is 56.7 Å². The Hall–Kier alpha value is -3.59. The number of benzene rings is 1. The van der Waals surface area contributed by atoms with E-state index in [1.165, 1.54) is 11.3 Å². The van der Waals surface area contributed by atoms with Crippen LogP contribution in [0.5, 0.6) is 0 Å². The molecular weight excluding hydrogens is 412 g/mol. The van der Waals surface area contributed by atoms with Gasteiger partial charge in [0.2, 0.25) is 5.88 Å². The summed E-state index contributed by atoms with van der Waals surface area (Å²) in [5.41, 5.74) is 7.38. The SMILES string of the molecule is Cc1noc(N)c1C(=O)OCC(=O)N1N=C(c2ccc(Cl)cc2)CC1c1ccco1. The van der Waals surface area contributed by atoms with Crippen molar-refractivity contribution in [3.8, 4) is 0 Å². The predicted octanol–water partition coefficient (Wildman–Crippen LogP) is 3.35. The number of carbonyl (C=O) groups is 2. The van der Waals surface area contributed by atoms with E-state index in [2.05, 4.69) is 10.3 Å². The second kappa shape index (κ2) is 8.03. The van der Waals surface area contributed by atoms with E-state index in [4.69, 9.17) is 31.0 Å². The summed E-state index contributed by atoms with van der Waals surface area (Å²) in [4.78, 5) is 25.1. The number of amides is 1. The molecule has 0 aliphatic carbocycles. The number of furan rings is 1. The summed E-state index contributed by atoms with van der Waals surface area (Å²) in [6, 6.07) is 10.2. The molecule has 1 aromatic carbocycles. The van der Waals surface area contributed by atoms with Gasteiger partial charge in [-0.15, -0.1) is 0 Å². The zero-order valence-electron chi connectivity index (χ0n) is 15.9. The molecule has 1 amide bonds. The normalized spacial score (nSPS) is 15.9. The number of hydrazone groups is 1. The van der Waals surface area contributed by atoms with Gasteiger partial charge in [0.05, 0.1) is 17.7 Å². The third-order valence-electron chi connectivity index (χ3n) is 4.63. The number of ether oxygens (including phenoxy) is 1. The second-order valence-corrected chi connectivity index (χ2v) is 7.05. The molecule has 0 saturated carbocycles. The van der Waals surface area contributed by atoms with E-state index in [9.17, 15) is 9.59 Å². The van der Waals surface area contributed by atoms with Crippen LogP contribution < -0.4 is 5.73 Å². The number of nitrogen functional groups attached to an aromatic ring is 1. The Bertz CT molecular complexity index is 1090. The number of nitrogens with zero attached hydrogens (tertiary/aromatic N) is 3. The first kappa shape index (κ1) is 19.7. The zero-order valence-corrected chi connectivity index (χ0v) is 16.6. The maximum absolute atomic E-state index is 12.8. The number of nitrogens with two attached hydrogens (primary N) is 1. The van der Waals surface area contributed by atoms with Gasteiger partial charge in [0.1, 0.15) is 17.4 Å². The number of aryl methyl sites for hydroxylation is 1. The van der Waals surface area contributed by atoms with Crippen molar-refractivity contribution in [3.63, 3.8) is 0 Å². The van der Waals surface area contributed by atoms with Crippen LogP contribution in [0, 0.1) is 6.92 Å². The van der Waals surface area contributed by atoms with Gasteiger partial charge in [-0.25, -0.2) is 9.80 Å². The monoisotopic (exact) mass is 428 g/mol. The molecule has 0 spiro atoms.